The van der Waals surface area contributed by atoms with E-state index in [1.807, 2.05) is 66.4 Å². The monoisotopic (exact) mass is 430 g/mol. The summed E-state index contributed by atoms with van der Waals surface area (Å²) in [6.07, 6.45) is 1.17. The van der Waals surface area contributed by atoms with Crippen molar-refractivity contribution in [3.8, 4) is 0 Å². The second kappa shape index (κ2) is 8.22. The molecule has 1 saturated heterocycles. The van der Waals surface area contributed by atoms with Crippen LogP contribution >= 0.6 is 0 Å². The van der Waals surface area contributed by atoms with Gasteiger partial charge in [0, 0.05) is 25.6 Å². The second-order valence-corrected chi connectivity index (χ2v) is 8.88. The van der Waals surface area contributed by atoms with Crippen molar-refractivity contribution in [3.63, 3.8) is 0 Å². The van der Waals surface area contributed by atoms with E-state index in [4.69, 9.17) is 0 Å². The van der Waals surface area contributed by atoms with Crippen molar-refractivity contribution in [2.24, 2.45) is 5.92 Å². The Morgan fingerprint density at radius 2 is 1.72 bits per heavy atom. The van der Waals surface area contributed by atoms with Crippen LogP contribution in [0.15, 0.2) is 64.2 Å². The lowest BCUT2D eigenvalue weighted by Gasteiger charge is -2.34. The number of rotatable bonds is 4. The van der Waals surface area contributed by atoms with E-state index in [0.29, 0.717) is 31.9 Å². The van der Waals surface area contributed by atoms with Crippen LogP contribution in [0.4, 0.5) is 0 Å². The number of likely N-dealkylation sites (tertiary alicyclic amines) is 1. The SMILES string of the molecule is Cc1ccc(Cn2nc3n(c(=O)c2=O)C[C@H]2CCN(C(=O)Cc4ccccc4)C[C@@H]32)cc1. The summed E-state index contributed by atoms with van der Waals surface area (Å²) >= 11 is 0. The fraction of sp³-hybridized carbons (Fsp3) is 0.360. The van der Waals surface area contributed by atoms with Crippen molar-refractivity contribution in [1.29, 1.82) is 0 Å². The van der Waals surface area contributed by atoms with Crippen LogP contribution in [0.25, 0.3) is 0 Å². The van der Waals surface area contributed by atoms with Crippen LogP contribution in [0, 0.1) is 12.8 Å². The predicted octanol–water partition coefficient (Wildman–Crippen LogP) is 1.95. The number of amides is 1. The molecular formula is C25H26N4O3. The van der Waals surface area contributed by atoms with Crippen LogP contribution < -0.4 is 11.1 Å². The number of carbonyl (C=O) groups excluding carboxylic acids is 1. The van der Waals surface area contributed by atoms with Crippen molar-refractivity contribution >= 4 is 5.91 Å². The number of fused-ring (bicyclic) bond motifs is 3. The first-order valence-corrected chi connectivity index (χ1v) is 11.1. The molecule has 1 amide bonds. The van der Waals surface area contributed by atoms with Crippen molar-refractivity contribution in [2.75, 3.05) is 13.1 Å². The van der Waals surface area contributed by atoms with E-state index >= 15 is 0 Å². The molecule has 5 rings (SSSR count). The third-order valence-electron chi connectivity index (χ3n) is 6.67. The maximum Gasteiger partial charge on any atom is 0.332 e. The van der Waals surface area contributed by atoms with E-state index in [0.717, 1.165) is 23.1 Å². The van der Waals surface area contributed by atoms with Crippen LogP contribution in [-0.4, -0.2) is 38.2 Å². The van der Waals surface area contributed by atoms with Gasteiger partial charge < -0.3 is 4.90 Å². The quantitative estimate of drug-likeness (QED) is 0.593. The Bertz CT molecular complexity index is 1260. The van der Waals surface area contributed by atoms with Crippen molar-refractivity contribution in [2.45, 2.75) is 38.8 Å². The Balaban J connectivity index is 1.40. The fourth-order valence-corrected chi connectivity index (χ4v) is 4.83. The summed E-state index contributed by atoms with van der Waals surface area (Å²) in [4.78, 5) is 40.3. The molecule has 2 aliphatic heterocycles. The van der Waals surface area contributed by atoms with Gasteiger partial charge in [0.2, 0.25) is 5.91 Å². The number of aromatic nitrogens is 3. The van der Waals surface area contributed by atoms with Gasteiger partial charge in [-0.2, -0.15) is 5.10 Å². The highest BCUT2D eigenvalue weighted by atomic mass is 16.2. The Morgan fingerprint density at radius 1 is 0.969 bits per heavy atom. The topological polar surface area (TPSA) is 77.2 Å². The maximum absolute atomic E-state index is 12.9. The zero-order chi connectivity index (χ0) is 22.2. The van der Waals surface area contributed by atoms with Gasteiger partial charge in [-0.3, -0.25) is 19.0 Å². The molecule has 0 aliphatic carbocycles. The van der Waals surface area contributed by atoms with E-state index in [9.17, 15) is 14.4 Å². The summed E-state index contributed by atoms with van der Waals surface area (Å²) in [5, 5.41) is 4.62. The highest BCUT2D eigenvalue weighted by Crippen LogP contribution is 2.37. The van der Waals surface area contributed by atoms with E-state index in [1.165, 1.54) is 9.25 Å². The molecule has 1 fully saturated rings. The first-order chi connectivity index (χ1) is 15.5. The summed E-state index contributed by atoms with van der Waals surface area (Å²) in [6, 6.07) is 17.6. The van der Waals surface area contributed by atoms with Crippen molar-refractivity contribution < 1.29 is 4.79 Å². The lowest BCUT2D eigenvalue weighted by molar-refractivity contribution is -0.132. The molecule has 3 aromatic rings. The zero-order valence-electron chi connectivity index (χ0n) is 18.1. The van der Waals surface area contributed by atoms with Gasteiger partial charge in [0.05, 0.1) is 13.0 Å². The first-order valence-electron chi connectivity index (χ1n) is 11.1. The number of piperidine rings is 1. The van der Waals surface area contributed by atoms with Crippen molar-refractivity contribution in [1.82, 2.24) is 19.2 Å². The van der Waals surface area contributed by atoms with Crippen LogP contribution in [0.5, 0.6) is 0 Å². The van der Waals surface area contributed by atoms with E-state index in [1.54, 1.807) is 0 Å². The van der Waals surface area contributed by atoms with Gasteiger partial charge in [0.25, 0.3) is 0 Å². The molecule has 164 valence electrons. The van der Waals surface area contributed by atoms with Crippen LogP contribution in [0.3, 0.4) is 0 Å². The molecule has 0 saturated carbocycles. The number of benzene rings is 2. The summed E-state index contributed by atoms with van der Waals surface area (Å²) < 4.78 is 2.82. The average Bonchev–Trinajstić information content (AvgIpc) is 3.17. The number of hydrogen-bond donors (Lipinski definition) is 0. The molecule has 0 bridgehead atoms. The number of hydrogen-bond acceptors (Lipinski definition) is 4. The summed E-state index contributed by atoms with van der Waals surface area (Å²) in [7, 11) is 0. The molecule has 0 radical (unpaired) electrons. The van der Waals surface area contributed by atoms with Gasteiger partial charge in [-0.15, -0.1) is 0 Å². The Kier molecular flexibility index (Phi) is 5.25. The zero-order valence-corrected chi connectivity index (χ0v) is 18.1. The summed E-state index contributed by atoms with van der Waals surface area (Å²) in [5.41, 5.74) is 1.94. The highest BCUT2D eigenvalue weighted by molar-refractivity contribution is 5.79. The summed E-state index contributed by atoms with van der Waals surface area (Å²) in [5.74, 6) is 0.916. The molecule has 0 spiro atoms. The molecule has 3 heterocycles. The standard InChI is InChI=1S/C25H26N4O3/c1-17-7-9-19(10-8-17)14-29-25(32)24(31)28-15-20-11-12-27(16-21(20)23(28)26-29)22(30)13-18-5-3-2-4-6-18/h2-10,20-21H,11-16H2,1H3/t20-,21-/m1/s1. The molecule has 7 nitrogen and oxygen atoms in total. The molecular weight excluding hydrogens is 404 g/mol. The molecule has 1 aromatic heterocycles. The normalized spacial score (nSPS) is 19.5. The smallest absolute Gasteiger partial charge is 0.332 e. The average molecular weight is 431 g/mol. The third kappa shape index (κ3) is 3.79. The van der Waals surface area contributed by atoms with E-state index in [2.05, 4.69) is 5.10 Å². The molecule has 7 heteroatoms. The largest absolute Gasteiger partial charge is 0.342 e. The Hall–Kier alpha value is -3.48. The third-order valence-corrected chi connectivity index (χ3v) is 6.67. The highest BCUT2D eigenvalue weighted by Gasteiger charge is 2.41. The van der Waals surface area contributed by atoms with E-state index < -0.39 is 11.1 Å². The van der Waals surface area contributed by atoms with Crippen molar-refractivity contribution in [3.05, 3.63) is 97.8 Å². The molecule has 32 heavy (non-hydrogen) atoms. The molecule has 2 aliphatic rings. The molecule has 2 aromatic carbocycles. The Labute approximate surface area is 185 Å². The van der Waals surface area contributed by atoms with Gasteiger partial charge in [-0.25, -0.2) is 4.68 Å². The van der Waals surface area contributed by atoms with Gasteiger partial charge in [-0.1, -0.05) is 60.2 Å². The van der Waals surface area contributed by atoms with Gasteiger partial charge in [0.15, 0.2) is 0 Å². The van der Waals surface area contributed by atoms with Gasteiger partial charge in [0.1, 0.15) is 5.82 Å². The minimum absolute atomic E-state index is 0.0268. The van der Waals surface area contributed by atoms with Crippen LogP contribution in [-0.2, 0) is 24.3 Å². The Morgan fingerprint density at radius 3 is 2.47 bits per heavy atom. The van der Waals surface area contributed by atoms with E-state index in [-0.39, 0.29) is 24.3 Å². The number of carbonyl (C=O) groups is 1. The molecule has 2 atom stereocenters. The lowest BCUT2D eigenvalue weighted by atomic mass is 9.87. The summed E-state index contributed by atoms with van der Waals surface area (Å²) in [6.45, 7) is 3.97. The van der Waals surface area contributed by atoms with Gasteiger partial charge >= 0.3 is 11.1 Å². The van der Waals surface area contributed by atoms with Crippen LogP contribution in [0.1, 0.15) is 34.9 Å². The lowest BCUT2D eigenvalue weighted by Crippen LogP contribution is -2.44. The first kappa shape index (κ1) is 20.4. The number of aryl methyl sites for hydroxylation is 1. The second-order valence-electron chi connectivity index (χ2n) is 8.88. The predicted molar refractivity (Wildman–Crippen MR) is 121 cm³/mol. The minimum Gasteiger partial charge on any atom is -0.342 e. The van der Waals surface area contributed by atoms with Gasteiger partial charge in [-0.05, 0) is 30.4 Å². The van der Waals surface area contributed by atoms with Crippen LogP contribution in [0.2, 0.25) is 0 Å². The minimum atomic E-state index is -0.593. The number of nitrogens with zero attached hydrogens (tertiary/aromatic N) is 4. The maximum atomic E-state index is 12.9. The molecule has 0 unspecified atom stereocenters. The fourth-order valence-electron chi connectivity index (χ4n) is 4.83. The molecule has 0 N–H and O–H groups in total.